The molecule has 2 fully saturated rings. The monoisotopic (exact) mass is 594 g/mol. The molecule has 1 unspecified atom stereocenters. The highest BCUT2D eigenvalue weighted by atomic mass is 16.7. The van der Waals surface area contributed by atoms with E-state index < -0.39 is 29.4 Å². The Morgan fingerprint density at radius 1 is 0.884 bits per heavy atom. The van der Waals surface area contributed by atoms with Crippen LogP contribution in [-0.4, -0.2) is 71.2 Å². The number of carbonyl (C=O) groups is 4. The Bertz CT molecular complexity index is 1480. The van der Waals surface area contributed by atoms with Gasteiger partial charge in [0.05, 0.1) is 0 Å². The molecule has 2 aliphatic rings. The van der Waals surface area contributed by atoms with Gasteiger partial charge in [-0.3, -0.25) is 19.3 Å². The van der Waals surface area contributed by atoms with Crippen LogP contribution >= 0.6 is 0 Å². The summed E-state index contributed by atoms with van der Waals surface area (Å²) < 4.78 is 5.45. The fraction of sp³-hybridized carbons (Fsp3) is 0.516. The van der Waals surface area contributed by atoms with E-state index in [1.54, 1.807) is 0 Å². The summed E-state index contributed by atoms with van der Waals surface area (Å²) >= 11 is 0. The Balaban J connectivity index is 1.65. The minimum atomic E-state index is -0.908. The summed E-state index contributed by atoms with van der Waals surface area (Å²) in [6.07, 6.45) is 4.85. The minimum Gasteiger partial charge on any atom is -0.422 e. The van der Waals surface area contributed by atoms with Gasteiger partial charge in [-0.1, -0.05) is 55.6 Å². The van der Waals surface area contributed by atoms with Crippen molar-refractivity contribution in [2.24, 2.45) is 16.2 Å². The highest BCUT2D eigenvalue weighted by Crippen LogP contribution is 2.23. The van der Waals surface area contributed by atoms with E-state index in [9.17, 15) is 24.0 Å². The average Bonchev–Trinajstić information content (AvgIpc) is 3.75. The van der Waals surface area contributed by atoms with Crippen molar-refractivity contribution >= 4 is 46.1 Å². The van der Waals surface area contributed by atoms with Gasteiger partial charge in [0.2, 0.25) is 11.6 Å². The van der Waals surface area contributed by atoms with Gasteiger partial charge in [-0.05, 0) is 57.1 Å². The molecule has 4 rings (SSSR count). The van der Waals surface area contributed by atoms with Gasteiger partial charge in [0.15, 0.2) is 0 Å². The lowest BCUT2D eigenvalue weighted by atomic mass is 9.91. The van der Waals surface area contributed by atoms with Crippen LogP contribution in [0.5, 0.6) is 0 Å². The number of carbonyl (C=O) groups excluding carboxylic acids is 4. The molecule has 43 heavy (non-hydrogen) atoms. The molecule has 2 amide bonds. The highest BCUT2D eigenvalue weighted by molar-refractivity contribution is 6.48. The predicted octanol–water partition coefficient (Wildman–Crippen LogP) is 5.57. The molecule has 0 radical (unpaired) electrons. The van der Waals surface area contributed by atoms with E-state index in [-0.39, 0.29) is 45.9 Å². The molecule has 12 nitrogen and oxygen atoms in total. The van der Waals surface area contributed by atoms with Crippen LogP contribution in [0.2, 0.25) is 0 Å². The lowest BCUT2D eigenvalue weighted by Crippen LogP contribution is -2.29. The van der Waals surface area contributed by atoms with Gasteiger partial charge < -0.3 is 14.2 Å². The first kappa shape index (κ1) is 31.6. The molecule has 2 saturated heterocycles. The van der Waals surface area contributed by atoms with E-state index in [1.807, 2.05) is 13.8 Å². The minimum absolute atomic E-state index is 0.0740. The van der Waals surface area contributed by atoms with Crippen LogP contribution in [0.15, 0.2) is 43.8 Å². The molecule has 0 spiro atoms. The molecule has 1 aromatic carbocycles. The summed E-state index contributed by atoms with van der Waals surface area (Å²) in [5.41, 5.74) is -1.23. The van der Waals surface area contributed by atoms with Crippen molar-refractivity contribution < 1.29 is 33.3 Å². The first-order valence-electron chi connectivity index (χ1n) is 14.9. The highest BCUT2D eigenvalue weighted by Gasteiger charge is 2.27. The van der Waals surface area contributed by atoms with Crippen molar-refractivity contribution in [1.82, 2.24) is 9.80 Å². The summed E-state index contributed by atoms with van der Waals surface area (Å²) in [7, 11) is 0. The van der Waals surface area contributed by atoms with E-state index in [0.717, 1.165) is 44.9 Å². The van der Waals surface area contributed by atoms with Crippen LogP contribution in [0.1, 0.15) is 92.9 Å². The number of rotatable bonds is 11. The van der Waals surface area contributed by atoms with Gasteiger partial charge >= 0.3 is 17.8 Å². The van der Waals surface area contributed by atoms with Crippen LogP contribution < -0.4 is 5.63 Å². The van der Waals surface area contributed by atoms with E-state index >= 15 is 0 Å². The van der Waals surface area contributed by atoms with Crippen molar-refractivity contribution in [1.29, 1.82) is 0 Å². The number of benzene rings is 1. The largest absolute Gasteiger partial charge is 0.435 e. The van der Waals surface area contributed by atoms with Gasteiger partial charge in [-0.2, -0.15) is 0 Å². The maximum atomic E-state index is 13.8. The van der Waals surface area contributed by atoms with E-state index in [2.05, 4.69) is 10.3 Å². The SMILES string of the molecule is CCCC(CC)C/C(=N\OC(=O)N1CCCC1)C(=O)c1cc2c(C(=O)/C(C)=N/OC(=O)N3CCCC3)cccc2oc1=O. The Kier molecular flexibility index (Phi) is 10.8. The summed E-state index contributed by atoms with van der Waals surface area (Å²) in [4.78, 5) is 77.9. The van der Waals surface area contributed by atoms with E-state index in [0.29, 0.717) is 26.2 Å². The summed E-state index contributed by atoms with van der Waals surface area (Å²) in [5, 5.41) is 7.88. The first-order valence-corrected chi connectivity index (χ1v) is 14.9. The zero-order valence-corrected chi connectivity index (χ0v) is 24.9. The van der Waals surface area contributed by atoms with Crippen molar-refractivity contribution in [3.8, 4) is 0 Å². The number of Topliss-reactive ketones (excluding diaryl/α,β-unsaturated/α-hetero) is 2. The molecular formula is C31H38N4O8. The van der Waals surface area contributed by atoms with Crippen LogP contribution in [0.3, 0.4) is 0 Å². The summed E-state index contributed by atoms with van der Waals surface area (Å²) in [6, 6.07) is 5.83. The molecule has 1 aromatic heterocycles. The maximum absolute atomic E-state index is 13.8. The Labute approximate surface area is 249 Å². The van der Waals surface area contributed by atoms with Crippen LogP contribution in [-0.2, 0) is 9.68 Å². The van der Waals surface area contributed by atoms with Gasteiger partial charge in [-0.25, -0.2) is 14.4 Å². The van der Waals surface area contributed by atoms with Gasteiger partial charge in [0.25, 0.3) is 0 Å². The Morgan fingerprint density at radius 3 is 2.07 bits per heavy atom. The molecule has 0 saturated carbocycles. The second kappa shape index (κ2) is 14.7. The second-order valence-electron chi connectivity index (χ2n) is 10.9. The Hall–Kier alpha value is -4.35. The third kappa shape index (κ3) is 7.74. The van der Waals surface area contributed by atoms with Crippen LogP contribution in [0, 0.1) is 5.92 Å². The fourth-order valence-corrected chi connectivity index (χ4v) is 5.31. The predicted molar refractivity (Wildman–Crippen MR) is 160 cm³/mol. The van der Waals surface area contributed by atoms with Crippen molar-refractivity contribution in [2.75, 3.05) is 26.2 Å². The van der Waals surface area contributed by atoms with Gasteiger partial charge in [-0.15, -0.1) is 0 Å². The fourth-order valence-electron chi connectivity index (χ4n) is 5.31. The molecule has 3 heterocycles. The summed E-state index contributed by atoms with van der Waals surface area (Å²) in [5.74, 6) is -1.24. The first-order chi connectivity index (χ1) is 20.7. The van der Waals surface area contributed by atoms with Crippen molar-refractivity contribution in [2.45, 2.75) is 72.1 Å². The summed E-state index contributed by atoms with van der Waals surface area (Å²) in [6.45, 7) is 7.67. The number of amides is 2. The van der Waals surface area contributed by atoms with Crippen LogP contribution in [0.4, 0.5) is 9.59 Å². The van der Waals surface area contributed by atoms with Gasteiger partial charge in [0.1, 0.15) is 22.6 Å². The quantitative estimate of drug-likeness (QED) is 0.108. The maximum Gasteiger partial charge on any atom is 0.435 e. The van der Waals surface area contributed by atoms with Crippen molar-refractivity contribution in [3.05, 3.63) is 45.8 Å². The molecule has 2 aromatic rings. The normalized spacial score (nSPS) is 16.4. The lowest BCUT2D eigenvalue weighted by Gasteiger charge is -2.16. The number of nitrogens with zero attached hydrogens (tertiary/aromatic N) is 4. The molecule has 2 aliphatic heterocycles. The number of hydrogen-bond acceptors (Lipinski definition) is 10. The molecule has 0 aliphatic carbocycles. The van der Waals surface area contributed by atoms with Gasteiger partial charge in [0, 0.05) is 37.1 Å². The van der Waals surface area contributed by atoms with Crippen molar-refractivity contribution in [3.63, 3.8) is 0 Å². The molecule has 0 N–H and O–H groups in total. The zero-order valence-electron chi connectivity index (χ0n) is 24.9. The number of likely N-dealkylation sites (tertiary alicyclic amines) is 2. The third-order valence-corrected chi connectivity index (χ3v) is 7.84. The molecular weight excluding hydrogens is 556 g/mol. The molecule has 1 atom stereocenters. The van der Waals surface area contributed by atoms with E-state index in [1.165, 1.54) is 41.0 Å². The molecule has 0 bridgehead atoms. The van der Waals surface area contributed by atoms with E-state index in [4.69, 9.17) is 14.1 Å². The number of oxime groups is 2. The smallest absolute Gasteiger partial charge is 0.422 e. The topological polar surface area (TPSA) is 148 Å². The number of hydrogen-bond donors (Lipinski definition) is 0. The van der Waals surface area contributed by atoms with Crippen LogP contribution in [0.25, 0.3) is 11.0 Å². The Morgan fingerprint density at radius 2 is 1.49 bits per heavy atom. The molecule has 12 heteroatoms. The number of fused-ring (bicyclic) bond motifs is 1. The standard InChI is InChI=1S/C31H38N4O8/c1-4-11-21(5-2)18-25(33-43-31(40)35-16-8-9-17-35)28(37)24-19-23-22(12-10-13-26(23)41-29(24)38)27(36)20(3)32-42-30(39)34-14-6-7-15-34/h10,12-13,19,21H,4-9,11,14-18H2,1-3H3/b32-20+,33-25+. The average molecular weight is 595 g/mol. The third-order valence-electron chi connectivity index (χ3n) is 7.84. The lowest BCUT2D eigenvalue weighted by molar-refractivity contribution is 0.102. The molecule has 230 valence electrons. The number of ketones is 2. The zero-order chi connectivity index (χ0) is 30.9. The second-order valence-corrected chi connectivity index (χ2v) is 10.9.